The maximum atomic E-state index is 10.9. The summed E-state index contributed by atoms with van der Waals surface area (Å²) in [5.74, 6) is 0.778. The van der Waals surface area contributed by atoms with Gasteiger partial charge in [-0.25, -0.2) is 9.97 Å². The Morgan fingerprint density at radius 1 is 1.03 bits per heavy atom. The van der Waals surface area contributed by atoms with Gasteiger partial charge < -0.3 is 9.80 Å². The van der Waals surface area contributed by atoms with E-state index >= 15 is 0 Å². The van der Waals surface area contributed by atoms with Crippen molar-refractivity contribution in [3.8, 4) is 0 Å². The summed E-state index contributed by atoms with van der Waals surface area (Å²) in [5.41, 5.74) is 3.53. The molecule has 1 saturated heterocycles. The van der Waals surface area contributed by atoms with Crippen LogP contribution in [0.25, 0.3) is 0 Å². The fourth-order valence-electron chi connectivity index (χ4n) is 4.33. The predicted molar refractivity (Wildman–Crippen MR) is 120 cm³/mol. The molecule has 9 nitrogen and oxygen atoms in total. The van der Waals surface area contributed by atoms with Crippen LogP contribution in [0.3, 0.4) is 0 Å². The van der Waals surface area contributed by atoms with Crippen molar-refractivity contribution in [3.63, 3.8) is 0 Å². The van der Waals surface area contributed by atoms with Crippen LogP contribution in [0.15, 0.2) is 47.3 Å². The highest BCUT2D eigenvalue weighted by Crippen LogP contribution is 2.29. The zero-order valence-electron chi connectivity index (χ0n) is 16.9. The van der Waals surface area contributed by atoms with Crippen LogP contribution in [0.1, 0.15) is 30.1 Å². The van der Waals surface area contributed by atoms with Gasteiger partial charge in [0.15, 0.2) is 0 Å². The molecular weight excluding hydrogens is 462 g/mol. The third-order valence-corrected chi connectivity index (χ3v) is 6.44. The monoisotopic (exact) mass is 483 g/mol. The number of piperidine rings is 1. The lowest BCUT2D eigenvalue weighted by Gasteiger charge is -2.32. The van der Waals surface area contributed by atoms with E-state index in [2.05, 4.69) is 46.6 Å². The first-order valence-electron chi connectivity index (χ1n) is 10.4. The number of hydrogen-bond donors (Lipinski definition) is 0. The zero-order valence-corrected chi connectivity index (χ0v) is 18.5. The van der Waals surface area contributed by atoms with Gasteiger partial charge in [-0.15, -0.1) is 0 Å². The molecule has 3 aromatic rings. The fourth-order valence-corrected chi connectivity index (χ4v) is 4.53. The molecule has 2 aliphatic heterocycles. The molecule has 10 heteroatoms. The highest BCUT2D eigenvalue weighted by atomic mass is 79.9. The van der Waals surface area contributed by atoms with Crippen molar-refractivity contribution in [2.75, 3.05) is 29.4 Å². The van der Waals surface area contributed by atoms with Crippen LogP contribution in [0.2, 0.25) is 0 Å². The summed E-state index contributed by atoms with van der Waals surface area (Å²) in [6.45, 7) is 3.46. The van der Waals surface area contributed by atoms with Crippen LogP contribution in [0.5, 0.6) is 0 Å². The molecule has 0 unspecified atom stereocenters. The van der Waals surface area contributed by atoms with Gasteiger partial charge in [-0.2, -0.15) is 5.10 Å². The van der Waals surface area contributed by atoms with Crippen molar-refractivity contribution >= 4 is 33.3 Å². The Morgan fingerprint density at radius 2 is 1.74 bits per heavy atom. The van der Waals surface area contributed by atoms with Gasteiger partial charge in [0.1, 0.15) is 0 Å². The minimum absolute atomic E-state index is 0.120. The first-order chi connectivity index (χ1) is 15.1. The summed E-state index contributed by atoms with van der Waals surface area (Å²) in [7, 11) is 0. The molecule has 31 heavy (non-hydrogen) atoms. The second-order valence-corrected chi connectivity index (χ2v) is 8.86. The van der Waals surface area contributed by atoms with Gasteiger partial charge in [0.05, 0.1) is 21.1 Å². The summed E-state index contributed by atoms with van der Waals surface area (Å²) >= 11 is 3.38. The molecule has 4 heterocycles. The van der Waals surface area contributed by atoms with E-state index in [0.29, 0.717) is 6.04 Å². The van der Waals surface area contributed by atoms with Crippen LogP contribution in [-0.2, 0) is 13.0 Å². The summed E-state index contributed by atoms with van der Waals surface area (Å²) < 4.78 is 3.03. The van der Waals surface area contributed by atoms with E-state index in [4.69, 9.17) is 5.10 Å². The molecular formula is C21H22BrN7O2. The highest BCUT2D eigenvalue weighted by molar-refractivity contribution is 9.10. The molecule has 160 valence electrons. The summed E-state index contributed by atoms with van der Waals surface area (Å²) in [5, 5.41) is 15.8. The molecule has 1 aromatic carbocycles. The van der Waals surface area contributed by atoms with Crippen molar-refractivity contribution in [3.05, 3.63) is 68.7 Å². The van der Waals surface area contributed by atoms with Crippen molar-refractivity contribution in [1.82, 2.24) is 19.7 Å². The van der Waals surface area contributed by atoms with E-state index in [9.17, 15) is 10.1 Å². The quantitative estimate of drug-likeness (QED) is 0.411. The van der Waals surface area contributed by atoms with E-state index in [1.165, 1.54) is 5.56 Å². The topological polar surface area (TPSA) is 93.2 Å². The number of hydrogen-bond acceptors (Lipinski definition) is 7. The maximum Gasteiger partial charge on any atom is 0.269 e. The molecule has 2 aliphatic rings. The molecule has 0 spiro atoms. The van der Waals surface area contributed by atoms with Gasteiger partial charge in [-0.3, -0.25) is 14.8 Å². The van der Waals surface area contributed by atoms with Gasteiger partial charge in [-0.05, 0) is 40.9 Å². The van der Waals surface area contributed by atoms with Gasteiger partial charge in [0.2, 0.25) is 5.95 Å². The standard InChI is InChI=1S/C21H22BrN7O2/c22-16-11-23-21(24-12-16)26-8-5-18(6-9-26)28-14-15-13-27(10-7-20(15)25-28)17-1-3-19(4-2-17)29(30)31/h1-4,11-12,14,18H,5-10,13H2. The summed E-state index contributed by atoms with van der Waals surface area (Å²) in [6.07, 6.45) is 8.64. The molecule has 5 rings (SSSR count). The molecule has 0 amide bonds. The predicted octanol–water partition coefficient (Wildman–Crippen LogP) is 3.75. The molecule has 0 aliphatic carbocycles. The normalized spacial score (nSPS) is 16.9. The Balaban J connectivity index is 1.24. The lowest BCUT2D eigenvalue weighted by molar-refractivity contribution is -0.384. The number of aromatic nitrogens is 4. The Hall–Kier alpha value is -3.01. The van der Waals surface area contributed by atoms with Crippen LogP contribution >= 0.6 is 15.9 Å². The molecule has 0 N–H and O–H groups in total. The minimum Gasteiger partial charge on any atom is -0.367 e. The number of nitrogens with zero attached hydrogens (tertiary/aromatic N) is 7. The lowest BCUT2D eigenvalue weighted by Crippen LogP contribution is -2.35. The van der Waals surface area contributed by atoms with Crippen molar-refractivity contribution in [1.29, 1.82) is 0 Å². The van der Waals surface area contributed by atoms with E-state index in [1.54, 1.807) is 24.5 Å². The Bertz CT molecular complexity index is 1080. The number of nitro benzene ring substituents is 1. The van der Waals surface area contributed by atoms with Crippen LogP contribution < -0.4 is 9.80 Å². The maximum absolute atomic E-state index is 10.9. The van der Waals surface area contributed by atoms with E-state index in [1.807, 2.05) is 12.1 Å². The lowest BCUT2D eigenvalue weighted by atomic mass is 10.1. The van der Waals surface area contributed by atoms with Gasteiger partial charge in [-0.1, -0.05) is 0 Å². The van der Waals surface area contributed by atoms with Crippen LogP contribution in [-0.4, -0.2) is 44.3 Å². The molecule has 0 bridgehead atoms. The van der Waals surface area contributed by atoms with Gasteiger partial charge >= 0.3 is 0 Å². The van der Waals surface area contributed by atoms with E-state index < -0.39 is 0 Å². The number of benzene rings is 1. The largest absolute Gasteiger partial charge is 0.367 e. The van der Waals surface area contributed by atoms with E-state index in [-0.39, 0.29) is 10.6 Å². The molecule has 0 radical (unpaired) electrons. The molecule has 1 fully saturated rings. The second kappa shape index (κ2) is 8.26. The first-order valence-corrected chi connectivity index (χ1v) is 11.1. The fraction of sp³-hybridized carbons (Fsp3) is 0.381. The van der Waals surface area contributed by atoms with E-state index in [0.717, 1.165) is 67.2 Å². The number of anilines is 2. The number of non-ortho nitro benzene ring substituents is 1. The first kappa shape index (κ1) is 19.9. The zero-order chi connectivity index (χ0) is 21.4. The molecule has 2 aromatic heterocycles. The van der Waals surface area contributed by atoms with Crippen molar-refractivity contribution in [2.45, 2.75) is 31.8 Å². The van der Waals surface area contributed by atoms with Gasteiger partial charge in [0, 0.05) is 74.6 Å². The average Bonchev–Trinajstić information content (AvgIpc) is 3.23. The summed E-state index contributed by atoms with van der Waals surface area (Å²) in [6, 6.07) is 7.17. The SMILES string of the molecule is O=[N+]([O-])c1ccc(N2CCc3nn(C4CCN(c5ncc(Br)cn5)CC4)cc3C2)cc1. The number of rotatable bonds is 4. The Labute approximate surface area is 188 Å². The number of halogens is 1. The van der Waals surface area contributed by atoms with Crippen molar-refractivity contribution < 1.29 is 4.92 Å². The Kier molecular flexibility index (Phi) is 5.31. The van der Waals surface area contributed by atoms with Gasteiger partial charge in [0.25, 0.3) is 5.69 Å². The van der Waals surface area contributed by atoms with Crippen molar-refractivity contribution in [2.24, 2.45) is 0 Å². The van der Waals surface area contributed by atoms with Crippen LogP contribution in [0.4, 0.5) is 17.3 Å². The second-order valence-electron chi connectivity index (χ2n) is 7.95. The Morgan fingerprint density at radius 3 is 2.42 bits per heavy atom. The number of nitro groups is 1. The smallest absolute Gasteiger partial charge is 0.269 e. The molecule has 0 atom stereocenters. The average molecular weight is 484 g/mol. The third kappa shape index (κ3) is 4.12. The third-order valence-electron chi connectivity index (χ3n) is 6.03. The molecule has 0 saturated carbocycles. The number of fused-ring (bicyclic) bond motifs is 1. The minimum atomic E-state index is -0.365. The highest BCUT2D eigenvalue weighted by Gasteiger charge is 2.26. The summed E-state index contributed by atoms with van der Waals surface area (Å²) in [4.78, 5) is 23.8. The van der Waals surface area contributed by atoms with Crippen LogP contribution in [0, 0.1) is 10.1 Å².